The first-order chi connectivity index (χ1) is 19.7. The Morgan fingerprint density at radius 3 is 2.12 bits per heavy atom. The highest BCUT2D eigenvalue weighted by molar-refractivity contribution is 7.21. The molecule has 0 saturated carbocycles. The summed E-state index contributed by atoms with van der Waals surface area (Å²) in [6.45, 7) is 2.08. The van der Waals surface area contributed by atoms with Crippen molar-refractivity contribution in [1.82, 2.24) is 9.97 Å². The molecule has 0 unspecified atom stereocenters. The lowest BCUT2D eigenvalue weighted by molar-refractivity contribution is 0.988. The van der Waals surface area contributed by atoms with E-state index in [4.69, 9.17) is 9.97 Å². The number of pyridine rings is 1. The van der Waals surface area contributed by atoms with E-state index in [0.717, 1.165) is 40.0 Å². The van der Waals surface area contributed by atoms with E-state index >= 15 is 0 Å². The number of rotatable bonds is 2. The standard InChI is InChI=1S/C30H20N2S.C7H8/c1-2-8-22-19(7-1)17-18-24-28(23-9-3-4-10-25(23)31-29(22)24)20-13-15-21(16-14-20)30-32-26-11-5-6-12-27(26)33-30;1-7-5-3-2-4-6-7/h2-6,8-18H,1,7H2;2-6H,1H3. The van der Waals surface area contributed by atoms with Crippen LogP contribution in [-0.4, -0.2) is 9.97 Å². The van der Waals surface area contributed by atoms with Gasteiger partial charge in [0.1, 0.15) is 5.01 Å². The van der Waals surface area contributed by atoms with Gasteiger partial charge in [-0.05, 0) is 49.1 Å². The lowest BCUT2D eigenvalue weighted by Crippen LogP contribution is -1.98. The molecular weight excluding hydrogens is 504 g/mol. The van der Waals surface area contributed by atoms with Crippen molar-refractivity contribution in [1.29, 1.82) is 0 Å². The Labute approximate surface area is 238 Å². The Bertz CT molecular complexity index is 1970. The van der Waals surface area contributed by atoms with E-state index in [1.54, 1.807) is 11.3 Å². The zero-order valence-corrected chi connectivity index (χ0v) is 23.2. The van der Waals surface area contributed by atoms with Crippen molar-refractivity contribution in [3.63, 3.8) is 0 Å². The summed E-state index contributed by atoms with van der Waals surface area (Å²) in [7, 11) is 0. The molecule has 0 fully saturated rings. The number of aryl methyl sites for hydroxylation is 2. The maximum Gasteiger partial charge on any atom is 0.124 e. The summed E-state index contributed by atoms with van der Waals surface area (Å²) in [6.07, 6.45) is 6.71. The summed E-state index contributed by atoms with van der Waals surface area (Å²) in [5, 5.41) is 3.47. The van der Waals surface area contributed by atoms with Crippen LogP contribution in [0.4, 0.5) is 0 Å². The van der Waals surface area contributed by atoms with Crippen LogP contribution in [0.5, 0.6) is 0 Å². The Morgan fingerprint density at radius 2 is 1.35 bits per heavy atom. The minimum atomic E-state index is 1.04. The number of nitrogens with zero attached hydrogens (tertiary/aromatic N) is 2. The maximum atomic E-state index is 5.11. The van der Waals surface area contributed by atoms with Crippen molar-refractivity contribution in [3.05, 3.63) is 138 Å². The van der Waals surface area contributed by atoms with Crippen molar-refractivity contribution in [2.45, 2.75) is 19.8 Å². The van der Waals surface area contributed by atoms with Gasteiger partial charge in [-0.15, -0.1) is 11.3 Å². The van der Waals surface area contributed by atoms with Crippen molar-refractivity contribution in [2.24, 2.45) is 0 Å². The molecule has 0 amide bonds. The molecule has 7 aromatic rings. The van der Waals surface area contributed by atoms with Crippen LogP contribution in [0, 0.1) is 6.92 Å². The molecule has 1 aliphatic rings. The monoisotopic (exact) mass is 532 g/mol. The smallest absolute Gasteiger partial charge is 0.124 e. The van der Waals surface area contributed by atoms with Crippen LogP contribution < -0.4 is 0 Å². The van der Waals surface area contributed by atoms with Crippen LogP contribution in [0.2, 0.25) is 0 Å². The van der Waals surface area contributed by atoms with Crippen LogP contribution in [0.25, 0.3) is 59.8 Å². The van der Waals surface area contributed by atoms with Crippen molar-refractivity contribution in [2.75, 3.05) is 0 Å². The van der Waals surface area contributed by atoms with Crippen molar-refractivity contribution < 1.29 is 0 Å². The first-order valence-corrected chi connectivity index (χ1v) is 14.6. The lowest BCUT2D eigenvalue weighted by atomic mass is 9.90. The van der Waals surface area contributed by atoms with Crippen LogP contribution in [0.15, 0.2) is 121 Å². The molecular formula is C37H28N2S. The van der Waals surface area contributed by atoms with Gasteiger partial charge in [-0.25, -0.2) is 9.97 Å². The van der Waals surface area contributed by atoms with Crippen LogP contribution >= 0.6 is 11.3 Å². The molecule has 5 aromatic carbocycles. The summed E-state index contributed by atoms with van der Waals surface area (Å²) < 4.78 is 1.22. The van der Waals surface area contributed by atoms with E-state index in [2.05, 4.69) is 110 Å². The maximum absolute atomic E-state index is 5.11. The second-order valence-corrected chi connectivity index (χ2v) is 11.2. The third kappa shape index (κ3) is 4.59. The molecule has 3 heteroatoms. The molecule has 0 bridgehead atoms. The predicted octanol–water partition coefficient (Wildman–Crippen LogP) is 10.3. The quantitative estimate of drug-likeness (QED) is 0.207. The second kappa shape index (κ2) is 10.5. The van der Waals surface area contributed by atoms with E-state index in [1.165, 1.54) is 43.3 Å². The zero-order chi connectivity index (χ0) is 26.9. The first kappa shape index (κ1) is 24.4. The molecule has 2 aromatic heterocycles. The van der Waals surface area contributed by atoms with Crippen molar-refractivity contribution >= 4 is 49.4 Å². The fraction of sp³-hybridized carbons (Fsp3) is 0.0811. The molecule has 0 saturated heterocycles. The minimum absolute atomic E-state index is 1.04. The summed E-state index contributed by atoms with van der Waals surface area (Å²) in [5.41, 5.74) is 10.8. The van der Waals surface area contributed by atoms with Gasteiger partial charge in [0.2, 0.25) is 0 Å². The van der Waals surface area contributed by atoms with Gasteiger partial charge in [0.05, 0.1) is 21.3 Å². The van der Waals surface area contributed by atoms with Gasteiger partial charge >= 0.3 is 0 Å². The van der Waals surface area contributed by atoms with E-state index in [1.807, 2.05) is 24.3 Å². The molecule has 0 spiro atoms. The lowest BCUT2D eigenvalue weighted by Gasteiger charge is -2.17. The number of allylic oxidation sites excluding steroid dienone is 1. The summed E-state index contributed by atoms with van der Waals surface area (Å²) in [5.74, 6) is 0. The van der Waals surface area contributed by atoms with Gasteiger partial charge in [0, 0.05) is 27.5 Å². The third-order valence-electron chi connectivity index (χ3n) is 7.50. The van der Waals surface area contributed by atoms with Crippen LogP contribution in [-0.2, 0) is 6.42 Å². The van der Waals surface area contributed by atoms with E-state index in [9.17, 15) is 0 Å². The number of thiazole rings is 1. The SMILES string of the molecule is C1=Cc2c(ccc3c(-c4ccc(-c5nc6ccccc6s5)cc4)c4ccccc4nc23)CC1.Cc1ccccc1. The summed E-state index contributed by atoms with van der Waals surface area (Å²) >= 11 is 1.74. The molecule has 2 nitrogen and oxygen atoms in total. The Hall–Kier alpha value is -4.60. The first-order valence-electron chi connectivity index (χ1n) is 13.7. The molecule has 0 atom stereocenters. The second-order valence-electron chi connectivity index (χ2n) is 10.2. The molecule has 0 aliphatic heterocycles. The van der Waals surface area contributed by atoms with Gasteiger partial charge in [0.15, 0.2) is 0 Å². The van der Waals surface area contributed by atoms with Gasteiger partial charge < -0.3 is 0 Å². The average Bonchev–Trinajstić information content (AvgIpc) is 3.45. The third-order valence-corrected chi connectivity index (χ3v) is 8.59. The molecule has 0 radical (unpaired) electrons. The number of benzene rings is 5. The Balaban J connectivity index is 0.000000333. The molecule has 2 heterocycles. The van der Waals surface area contributed by atoms with Gasteiger partial charge in [-0.1, -0.05) is 115 Å². The van der Waals surface area contributed by atoms with E-state index < -0.39 is 0 Å². The molecule has 1 aliphatic carbocycles. The normalized spacial score (nSPS) is 12.3. The van der Waals surface area contributed by atoms with Crippen LogP contribution in [0.3, 0.4) is 0 Å². The Morgan fingerprint density at radius 1 is 0.625 bits per heavy atom. The number of para-hydroxylation sites is 2. The van der Waals surface area contributed by atoms with Crippen molar-refractivity contribution in [3.8, 4) is 21.7 Å². The fourth-order valence-electron chi connectivity index (χ4n) is 5.48. The van der Waals surface area contributed by atoms with Gasteiger partial charge in [-0.3, -0.25) is 0 Å². The number of fused-ring (bicyclic) bond motifs is 5. The molecule has 8 rings (SSSR count). The average molecular weight is 533 g/mol. The largest absolute Gasteiger partial charge is 0.247 e. The topological polar surface area (TPSA) is 25.8 Å². The van der Waals surface area contributed by atoms with Crippen LogP contribution in [0.1, 0.15) is 23.1 Å². The number of hydrogen-bond acceptors (Lipinski definition) is 3. The molecule has 0 N–H and O–H groups in total. The van der Waals surface area contributed by atoms with Gasteiger partial charge in [0.25, 0.3) is 0 Å². The molecule has 192 valence electrons. The van der Waals surface area contributed by atoms with E-state index in [0.29, 0.717) is 0 Å². The summed E-state index contributed by atoms with van der Waals surface area (Å²) in [4.78, 5) is 9.94. The highest BCUT2D eigenvalue weighted by Crippen LogP contribution is 2.39. The van der Waals surface area contributed by atoms with Gasteiger partial charge in [-0.2, -0.15) is 0 Å². The fourth-order valence-corrected chi connectivity index (χ4v) is 6.46. The predicted molar refractivity (Wildman–Crippen MR) is 172 cm³/mol. The number of aromatic nitrogens is 2. The highest BCUT2D eigenvalue weighted by Gasteiger charge is 2.16. The minimum Gasteiger partial charge on any atom is -0.247 e. The molecule has 40 heavy (non-hydrogen) atoms. The van der Waals surface area contributed by atoms with E-state index in [-0.39, 0.29) is 0 Å². The zero-order valence-electron chi connectivity index (χ0n) is 22.3. The highest BCUT2D eigenvalue weighted by atomic mass is 32.1. The number of hydrogen-bond donors (Lipinski definition) is 0. The summed E-state index contributed by atoms with van der Waals surface area (Å²) in [6, 6.07) is 40.5. The Kier molecular flexibility index (Phi) is 6.43.